The summed E-state index contributed by atoms with van der Waals surface area (Å²) < 4.78 is 30.6. The smallest absolute Gasteiger partial charge is 0.282 e. The Kier molecular flexibility index (Phi) is 3.45. The molecule has 0 aliphatic rings. The van der Waals surface area contributed by atoms with Gasteiger partial charge >= 0.3 is 0 Å². The average molecular weight is 280 g/mol. The topological polar surface area (TPSA) is 108 Å². The van der Waals surface area contributed by atoms with Gasteiger partial charge in [-0.25, -0.2) is 0 Å². The Bertz CT molecular complexity index is 697. The molecule has 7 nitrogen and oxygen atoms in total. The molecule has 1 heterocycles. The Labute approximate surface area is 110 Å². The molecule has 0 radical (unpaired) electrons. The molecular formula is C11H12N4O3S. The van der Waals surface area contributed by atoms with Crippen LogP contribution >= 0.6 is 0 Å². The SMILES string of the molecule is Cc1n[nH]c(C)c1N=Nc1ccc(S(=O)(=O)O)cc1. The van der Waals surface area contributed by atoms with E-state index in [4.69, 9.17) is 4.55 Å². The first-order valence-corrected chi connectivity index (χ1v) is 6.83. The predicted octanol–water partition coefficient (Wildman–Crippen LogP) is 2.69. The highest BCUT2D eigenvalue weighted by Gasteiger charge is 2.08. The van der Waals surface area contributed by atoms with E-state index in [0.29, 0.717) is 11.4 Å². The number of aryl methyl sites for hydroxylation is 2. The van der Waals surface area contributed by atoms with E-state index in [2.05, 4.69) is 20.4 Å². The molecule has 0 atom stereocenters. The van der Waals surface area contributed by atoms with Crippen LogP contribution in [0.4, 0.5) is 11.4 Å². The molecule has 2 aromatic rings. The number of rotatable bonds is 3. The molecule has 100 valence electrons. The molecule has 0 aliphatic heterocycles. The van der Waals surface area contributed by atoms with Gasteiger partial charge in [-0.15, -0.1) is 5.11 Å². The van der Waals surface area contributed by atoms with Crippen molar-refractivity contribution in [3.8, 4) is 0 Å². The van der Waals surface area contributed by atoms with Crippen LogP contribution < -0.4 is 0 Å². The van der Waals surface area contributed by atoms with E-state index in [0.717, 1.165) is 11.4 Å². The molecule has 1 aromatic heterocycles. The summed E-state index contributed by atoms with van der Waals surface area (Å²) in [6, 6.07) is 5.44. The van der Waals surface area contributed by atoms with Crippen molar-refractivity contribution in [1.82, 2.24) is 10.2 Å². The Morgan fingerprint density at radius 3 is 2.26 bits per heavy atom. The van der Waals surface area contributed by atoms with Crippen LogP contribution in [0, 0.1) is 13.8 Å². The lowest BCUT2D eigenvalue weighted by molar-refractivity contribution is 0.483. The lowest BCUT2D eigenvalue weighted by Crippen LogP contribution is -1.96. The monoisotopic (exact) mass is 280 g/mol. The first-order valence-electron chi connectivity index (χ1n) is 5.39. The molecule has 0 aliphatic carbocycles. The highest BCUT2D eigenvalue weighted by Crippen LogP contribution is 2.24. The Morgan fingerprint density at radius 2 is 1.79 bits per heavy atom. The molecule has 1 aromatic carbocycles. The van der Waals surface area contributed by atoms with Crippen LogP contribution in [0.1, 0.15) is 11.4 Å². The highest BCUT2D eigenvalue weighted by molar-refractivity contribution is 7.85. The highest BCUT2D eigenvalue weighted by atomic mass is 32.2. The van der Waals surface area contributed by atoms with Crippen LogP contribution in [-0.4, -0.2) is 23.2 Å². The number of benzene rings is 1. The third-order valence-electron chi connectivity index (χ3n) is 2.49. The summed E-state index contributed by atoms with van der Waals surface area (Å²) in [6.45, 7) is 3.63. The van der Waals surface area contributed by atoms with Crippen molar-refractivity contribution in [1.29, 1.82) is 0 Å². The van der Waals surface area contributed by atoms with Crippen molar-refractivity contribution < 1.29 is 13.0 Å². The quantitative estimate of drug-likeness (QED) is 0.665. The van der Waals surface area contributed by atoms with E-state index in [-0.39, 0.29) is 4.90 Å². The van der Waals surface area contributed by atoms with Crippen molar-refractivity contribution >= 4 is 21.5 Å². The van der Waals surface area contributed by atoms with Gasteiger partial charge in [-0.2, -0.15) is 18.6 Å². The van der Waals surface area contributed by atoms with Crippen molar-refractivity contribution in [3.05, 3.63) is 35.7 Å². The van der Waals surface area contributed by atoms with Crippen LogP contribution in [-0.2, 0) is 10.1 Å². The summed E-state index contributed by atoms with van der Waals surface area (Å²) >= 11 is 0. The van der Waals surface area contributed by atoms with Gasteiger partial charge in [-0.1, -0.05) is 0 Å². The van der Waals surface area contributed by atoms with Gasteiger partial charge in [-0.3, -0.25) is 9.65 Å². The zero-order valence-corrected chi connectivity index (χ0v) is 11.1. The van der Waals surface area contributed by atoms with Crippen LogP contribution in [0.25, 0.3) is 0 Å². The van der Waals surface area contributed by atoms with Crippen molar-refractivity contribution in [3.63, 3.8) is 0 Å². The third-order valence-corrected chi connectivity index (χ3v) is 3.36. The standard InChI is InChI=1S/C11H12N4O3S/c1-7-11(8(2)13-12-7)15-14-9-3-5-10(6-4-9)19(16,17)18/h3-6H,1-2H3,(H,12,13)(H,16,17,18). The summed E-state index contributed by atoms with van der Waals surface area (Å²) in [5.74, 6) is 0. The fourth-order valence-corrected chi connectivity index (χ4v) is 1.96. The number of aromatic amines is 1. The minimum atomic E-state index is -4.18. The van der Waals surface area contributed by atoms with Gasteiger partial charge in [0.1, 0.15) is 5.69 Å². The third kappa shape index (κ3) is 3.04. The Balaban J connectivity index is 2.25. The molecule has 0 fully saturated rings. The fraction of sp³-hybridized carbons (Fsp3) is 0.182. The first kappa shape index (κ1) is 13.4. The molecule has 0 unspecified atom stereocenters. The zero-order valence-electron chi connectivity index (χ0n) is 10.3. The van der Waals surface area contributed by atoms with E-state index in [9.17, 15) is 8.42 Å². The maximum absolute atomic E-state index is 10.9. The largest absolute Gasteiger partial charge is 0.294 e. The number of nitrogens with one attached hydrogen (secondary N) is 1. The van der Waals surface area contributed by atoms with Crippen molar-refractivity contribution in [2.45, 2.75) is 18.7 Å². The van der Waals surface area contributed by atoms with E-state index in [1.807, 2.05) is 6.92 Å². The van der Waals surface area contributed by atoms with Gasteiger partial charge in [0.15, 0.2) is 0 Å². The minimum Gasteiger partial charge on any atom is -0.282 e. The number of azo groups is 1. The minimum absolute atomic E-state index is 0.179. The second-order valence-electron chi connectivity index (χ2n) is 3.95. The number of hydrogen-bond acceptors (Lipinski definition) is 5. The fourth-order valence-electron chi connectivity index (χ4n) is 1.48. The second kappa shape index (κ2) is 4.90. The van der Waals surface area contributed by atoms with Gasteiger partial charge in [0.2, 0.25) is 0 Å². The normalized spacial score (nSPS) is 12.2. The molecule has 19 heavy (non-hydrogen) atoms. The summed E-state index contributed by atoms with van der Waals surface area (Å²) in [4.78, 5) is -0.179. The molecule has 0 saturated carbocycles. The number of H-pyrrole nitrogens is 1. The van der Waals surface area contributed by atoms with Crippen LogP contribution in [0.5, 0.6) is 0 Å². The van der Waals surface area contributed by atoms with E-state index < -0.39 is 10.1 Å². The molecule has 0 amide bonds. The summed E-state index contributed by atoms with van der Waals surface area (Å²) in [5, 5.41) is 14.8. The van der Waals surface area contributed by atoms with E-state index >= 15 is 0 Å². The number of nitrogens with zero attached hydrogens (tertiary/aromatic N) is 3. The molecule has 0 saturated heterocycles. The van der Waals surface area contributed by atoms with Crippen LogP contribution in [0.15, 0.2) is 39.4 Å². The van der Waals surface area contributed by atoms with Gasteiger partial charge in [0, 0.05) is 0 Å². The van der Waals surface area contributed by atoms with Crippen molar-refractivity contribution in [2.75, 3.05) is 0 Å². The summed E-state index contributed by atoms with van der Waals surface area (Å²) in [5.41, 5.74) is 2.66. The molecule has 8 heteroatoms. The van der Waals surface area contributed by atoms with Gasteiger partial charge in [-0.05, 0) is 38.1 Å². The Morgan fingerprint density at radius 1 is 1.16 bits per heavy atom. The van der Waals surface area contributed by atoms with Crippen molar-refractivity contribution in [2.24, 2.45) is 10.2 Å². The van der Waals surface area contributed by atoms with Crippen LogP contribution in [0.2, 0.25) is 0 Å². The number of hydrogen-bond donors (Lipinski definition) is 2. The predicted molar refractivity (Wildman–Crippen MR) is 68.5 cm³/mol. The molecule has 0 spiro atoms. The average Bonchev–Trinajstić information content (AvgIpc) is 2.66. The number of aromatic nitrogens is 2. The summed E-state index contributed by atoms with van der Waals surface area (Å²) in [6.07, 6.45) is 0. The van der Waals surface area contributed by atoms with Gasteiger partial charge < -0.3 is 0 Å². The summed E-state index contributed by atoms with van der Waals surface area (Å²) in [7, 11) is -4.18. The van der Waals surface area contributed by atoms with Crippen LogP contribution in [0.3, 0.4) is 0 Å². The van der Waals surface area contributed by atoms with E-state index in [1.165, 1.54) is 24.3 Å². The maximum atomic E-state index is 10.9. The zero-order chi connectivity index (χ0) is 14.0. The molecule has 2 N–H and O–H groups in total. The van der Waals surface area contributed by atoms with Gasteiger partial charge in [0.25, 0.3) is 10.1 Å². The molecular weight excluding hydrogens is 268 g/mol. The molecule has 0 bridgehead atoms. The first-order chi connectivity index (χ1) is 8.88. The van der Waals surface area contributed by atoms with E-state index in [1.54, 1.807) is 6.92 Å². The lowest BCUT2D eigenvalue weighted by atomic mass is 10.3. The maximum Gasteiger partial charge on any atom is 0.294 e. The lowest BCUT2D eigenvalue weighted by Gasteiger charge is -1.97. The Hall–Kier alpha value is -2.06. The van der Waals surface area contributed by atoms with Gasteiger partial charge in [0.05, 0.1) is 22.0 Å². The molecule has 2 rings (SSSR count). The second-order valence-corrected chi connectivity index (χ2v) is 5.37.